The van der Waals surface area contributed by atoms with Gasteiger partial charge in [-0.05, 0) is 12.5 Å². The Morgan fingerprint density at radius 2 is 1.84 bits per heavy atom. The number of nitrogens with one attached hydrogen (secondary N) is 3. The highest BCUT2D eigenvalue weighted by atomic mass is 16.2. The maximum absolute atomic E-state index is 12.7. The summed E-state index contributed by atoms with van der Waals surface area (Å²) in [6.07, 6.45) is 1.38. The van der Waals surface area contributed by atoms with Crippen LogP contribution in [-0.4, -0.2) is 22.4 Å². The molecule has 2 aromatic heterocycles. The predicted octanol–water partition coefficient (Wildman–Crippen LogP) is 0.259. The Kier molecular flexibility index (Phi) is 4.17. The molecular weight excluding hydrogens is 320 g/mol. The number of fused-ring (bicyclic) bond motifs is 1. The molecule has 25 heavy (non-hydrogen) atoms. The first kappa shape index (κ1) is 16.9. The fraction of sp³-hybridized carbons (Fsp3) is 0.176. The van der Waals surface area contributed by atoms with Crippen LogP contribution in [0.1, 0.15) is 23.0 Å². The Morgan fingerprint density at radius 3 is 2.44 bits per heavy atom. The number of aromatic nitrogens is 2. The van der Waals surface area contributed by atoms with Crippen LogP contribution in [0, 0.1) is 0 Å². The average molecular weight is 340 g/mol. The summed E-state index contributed by atoms with van der Waals surface area (Å²) in [6, 6.07) is 9.28. The molecule has 0 aliphatic carbocycles. The molecule has 0 spiro atoms. The SMILES string of the molecule is CCNC(=O)c1c[nH]c2c(-c3ccccc3)c(C(N)(N)N)[nH]c2c1=O. The number of pyridine rings is 1. The van der Waals surface area contributed by atoms with Crippen molar-refractivity contribution in [3.05, 3.63) is 58.0 Å². The minimum absolute atomic E-state index is 0.00146. The highest BCUT2D eigenvalue weighted by molar-refractivity contribution is 6.00. The molecule has 0 saturated carbocycles. The molecule has 1 amide bonds. The number of nitrogens with two attached hydrogens (primary N) is 3. The second kappa shape index (κ2) is 6.17. The summed E-state index contributed by atoms with van der Waals surface area (Å²) in [4.78, 5) is 30.7. The molecule has 3 aromatic rings. The molecule has 0 unspecified atom stereocenters. The number of carbonyl (C=O) groups excluding carboxylic acids is 1. The van der Waals surface area contributed by atoms with Gasteiger partial charge in [0, 0.05) is 18.3 Å². The van der Waals surface area contributed by atoms with Gasteiger partial charge in [0.15, 0.2) is 5.79 Å². The molecule has 0 radical (unpaired) electrons. The molecule has 0 aliphatic heterocycles. The molecule has 0 fully saturated rings. The van der Waals surface area contributed by atoms with Crippen LogP contribution in [0.4, 0.5) is 0 Å². The monoisotopic (exact) mass is 340 g/mol. The summed E-state index contributed by atoms with van der Waals surface area (Å²) < 4.78 is 0. The number of hydrogen-bond acceptors (Lipinski definition) is 5. The second-order valence-corrected chi connectivity index (χ2v) is 5.81. The molecule has 130 valence electrons. The van der Waals surface area contributed by atoms with Crippen molar-refractivity contribution in [1.82, 2.24) is 15.3 Å². The Balaban J connectivity index is 2.33. The second-order valence-electron chi connectivity index (χ2n) is 5.81. The van der Waals surface area contributed by atoms with Crippen molar-refractivity contribution in [1.29, 1.82) is 0 Å². The van der Waals surface area contributed by atoms with Gasteiger partial charge in [-0.25, -0.2) is 0 Å². The van der Waals surface area contributed by atoms with Crippen LogP contribution in [0.25, 0.3) is 22.2 Å². The molecule has 1 aromatic carbocycles. The van der Waals surface area contributed by atoms with Crippen LogP contribution in [0.3, 0.4) is 0 Å². The summed E-state index contributed by atoms with van der Waals surface area (Å²) in [5.74, 6) is -2.14. The molecule has 0 bridgehead atoms. The van der Waals surface area contributed by atoms with E-state index in [0.717, 1.165) is 5.56 Å². The lowest BCUT2D eigenvalue weighted by molar-refractivity contribution is 0.0954. The van der Waals surface area contributed by atoms with Gasteiger partial charge in [0.1, 0.15) is 11.1 Å². The van der Waals surface area contributed by atoms with Gasteiger partial charge in [-0.2, -0.15) is 0 Å². The Morgan fingerprint density at radius 1 is 1.16 bits per heavy atom. The largest absolute Gasteiger partial charge is 0.358 e. The highest BCUT2D eigenvalue weighted by Crippen LogP contribution is 2.32. The normalized spacial score (nSPS) is 11.7. The van der Waals surface area contributed by atoms with Crippen molar-refractivity contribution >= 4 is 16.9 Å². The van der Waals surface area contributed by atoms with Crippen molar-refractivity contribution in [3.63, 3.8) is 0 Å². The molecule has 0 atom stereocenters. The number of carbonyl (C=O) groups is 1. The third-order valence-corrected chi connectivity index (χ3v) is 3.91. The van der Waals surface area contributed by atoms with E-state index < -0.39 is 17.1 Å². The smallest absolute Gasteiger partial charge is 0.256 e. The molecule has 2 heterocycles. The van der Waals surface area contributed by atoms with Gasteiger partial charge in [0.2, 0.25) is 5.43 Å². The number of amides is 1. The Hall–Kier alpha value is -2.94. The number of aromatic amines is 2. The third kappa shape index (κ3) is 2.93. The van der Waals surface area contributed by atoms with Crippen molar-refractivity contribution in [2.45, 2.75) is 12.7 Å². The summed E-state index contributed by atoms with van der Waals surface area (Å²) in [5, 5.41) is 2.60. The number of H-pyrrole nitrogens is 2. The Labute approximate surface area is 143 Å². The molecule has 8 nitrogen and oxygen atoms in total. The molecule has 9 N–H and O–H groups in total. The Bertz CT molecular complexity index is 982. The lowest BCUT2D eigenvalue weighted by atomic mass is 10.0. The molecule has 0 aliphatic rings. The van der Waals surface area contributed by atoms with Crippen LogP contribution in [0.15, 0.2) is 41.3 Å². The van der Waals surface area contributed by atoms with Gasteiger partial charge in [0.05, 0.1) is 11.2 Å². The zero-order valence-corrected chi connectivity index (χ0v) is 13.7. The molecule has 8 heteroatoms. The standard InChI is InChI=1S/C17H20N6O2/c1-2-21-16(25)10-8-22-12-11(9-6-4-3-5-7-9)15(17(18,19)20)23-13(12)14(10)24/h3-8,23H,2,18-20H2,1H3,(H,21,25)(H,22,24). The lowest BCUT2D eigenvalue weighted by Gasteiger charge is -2.19. The van der Waals surface area contributed by atoms with E-state index in [1.54, 1.807) is 6.92 Å². The van der Waals surface area contributed by atoms with Crippen LogP contribution in [0.5, 0.6) is 0 Å². The number of rotatable bonds is 4. The van der Waals surface area contributed by atoms with Crippen LogP contribution >= 0.6 is 0 Å². The van der Waals surface area contributed by atoms with E-state index in [1.165, 1.54) is 6.20 Å². The fourth-order valence-corrected chi connectivity index (χ4v) is 2.80. The topological polar surface area (TPSA) is 156 Å². The van der Waals surface area contributed by atoms with Crippen molar-refractivity contribution in [2.75, 3.05) is 6.54 Å². The fourth-order valence-electron chi connectivity index (χ4n) is 2.80. The van der Waals surface area contributed by atoms with E-state index >= 15 is 0 Å². The summed E-state index contributed by atoms with van der Waals surface area (Å²) in [7, 11) is 0. The van der Waals surface area contributed by atoms with Gasteiger partial charge >= 0.3 is 0 Å². The lowest BCUT2D eigenvalue weighted by Crippen LogP contribution is -2.55. The highest BCUT2D eigenvalue weighted by Gasteiger charge is 2.27. The predicted molar refractivity (Wildman–Crippen MR) is 96.6 cm³/mol. The van der Waals surface area contributed by atoms with Crippen molar-refractivity contribution in [3.8, 4) is 11.1 Å². The number of hydrogen-bond donors (Lipinski definition) is 6. The molecular formula is C17H20N6O2. The van der Waals surface area contributed by atoms with Gasteiger partial charge in [-0.3, -0.25) is 26.8 Å². The van der Waals surface area contributed by atoms with Gasteiger partial charge in [-0.15, -0.1) is 0 Å². The maximum atomic E-state index is 12.7. The van der Waals surface area contributed by atoms with E-state index in [2.05, 4.69) is 15.3 Å². The van der Waals surface area contributed by atoms with Gasteiger partial charge in [-0.1, -0.05) is 30.3 Å². The van der Waals surface area contributed by atoms with E-state index in [0.29, 0.717) is 23.3 Å². The van der Waals surface area contributed by atoms with Crippen LogP contribution in [0.2, 0.25) is 0 Å². The quantitative estimate of drug-likeness (QED) is 0.376. The third-order valence-electron chi connectivity index (χ3n) is 3.91. The summed E-state index contributed by atoms with van der Waals surface area (Å²) >= 11 is 0. The van der Waals surface area contributed by atoms with E-state index in [-0.39, 0.29) is 11.1 Å². The first-order valence-electron chi connectivity index (χ1n) is 7.82. The van der Waals surface area contributed by atoms with E-state index in [4.69, 9.17) is 17.2 Å². The van der Waals surface area contributed by atoms with E-state index in [1.807, 2.05) is 30.3 Å². The van der Waals surface area contributed by atoms with Crippen molar-refractivity contribution in [2.24, 2.45) is 17.2 Å². The number of benzene rings is 1. The minimum atomic E-state index is -1.68. The average Bonchev–Trinajstić information content (AvgIpc) is 2.97. The molecule has 3 rings (SSSR count). The molecule has 0 saturated heterocycles. The minimum Gasteiger partial charge on any atom is -0.358 e. The van der Waals surface area contributed by atoms with Gasteiger partial charge in [0.25, 0.3) is 5.91 Å². The van der Waals surface area contributed by atoms with Gasteiger partial charge < -0.3 is 15.3 Å². The first-order chi connectivity index (χ1) is 11.8. The van der Waals surface area contributed by atoms with Crippen molar-refractivity contribution < 1.29 is 4.79 Å². The van der Waals surface area contributed by atoms with E-state index in [9.17, 15) is 9.59 Å². The zero-order valence-electron chi connectivity index (χ0n) is 13.7. The first-order valence-corrected chi connectivity index (χ1v) is 7.82. The van der Waals surface area contributed by atoms with Crippen LogP contribution in [-0.2, 0) is 5.79 Å². The van der Waals surface area contributed by atoms with Crippen LogP contribution < -0.4 is 27.9 Å². The zero-order chi connectivity index (χ0) is 18.2. The summed E-state index contributed by atoms with van der Waals surface area (Å²) in [5.41, 5.74) is 19.6. The summed E-state index contributed by atoms with van der Waals surface area (Å²) in [6.45, 7) is 2.19. The maximum Gasteiger partial charge on any atom is 0.256 e.